The van der Waals surface area contributed by atoms with Gasteiger partial charge in [0.15, 0.2) is 0 Å². The van der Waals surface area contributed by atoms with Gasteiger partial charge in [-0.2, -0.15) is 9.40 Å². The summed E-state index contributed by atoms with van der Waals surface area (Å²) in [6, 6.07) is 11.8. The van der Waals surface area contributed by atoms with Crippen LogP contribution in [0.5, 0.6) is 11.5 Å². The largest absolute Gasteiger partial charge is 0.497 e. The van der Waals surface area contributed by atoms with E-state index in [1.807, 2.05) is 18.2 Å². The number of hydrogen-bond acceptors (Lipinski definition) is 7. The van der Waals surface area contributed by atoms with Gasteiger partial charge < -0.3 is 9.47 Å². The van der Waals surface area contributed by atoms with Crippen molar-refractivity contribution < 1.29 is 17.9 Å². The summed E-state index contributed by atoms with van der Waals surface area (Å²) in [5.41, 5.74) is 1.17. The van der Waals surface area contributed by atoms with Gasteiger partial charge in [-0.25, -0.2) is 13.5 Å². The predicted molar refractivity (Wildman–Crippen MR) is 114 cm³/mol. The molecular weight excluding hydrogens is 426 g/mol. The number of nitrogens with zero attached hydrogens (tertiary/aromatic N) is 2. The molecule has 1 aliphatic rings. The van der Waals surface area contributed by atoms with Crippen LogP contribution >= 0.6 is 11.3 Å². The van der Waals surface area contributed by atoms with Crippen LogP contribution in [0.2, 0.25) is 0 Å². The van der Waals surface area contributed by atoms with Crippen LogP contribution in [-0.2, 0) is 10.0 Å². The van der Waals surface area contributed by atoms with Crippen molar-refractivity contribution in [3.05, 3.63) is 58.4 Å². The van der Waals surface area contributed by atoms with Gasteiger partial charge >= 0.3 is 0 Å². The van der Waals surface area contributed by atoms with E-state index < -0.39 is 10.0 Å². The standard InChI is InChI=1S/C20H21N3O5S2/c1-27-14-3-5-17(28-2)15(11-14)13-9-10-23(12-13)30(25,26)20-8-6-18(29-20)16-4-7-19(24)22-21-16/h3-8,11,13H,9-10,12H2,1-2H3,(H,22,24). The second-order valence-corrected chi connectivity index (χ2v) is 10.1. The average molecular weight is 448 g/mol. The lowest BCUT2D eigenvalue weighted by atomic mass is 9.97. The lowest BCUT2D eigenvalue weighted by molar-refractivity contribution is 0.394. The summed E-state index contributed by atoms with van der Waals surface area (Å²) in [7, 11) is -0.426. The molecule has 3 aromatic rings. The Labute approximate surface area is 178 Å². The monoisotopic (exact) mass is 447 g/mol. The molecule has 1 fully saturated rings. The maximum absolute atomic E-state index is 13.2. The number of H-pyrrole nitrogens is 1. The molecule has 0 amide bonds. The van der Waals surface area contributed by atoms with Crippen molar-refractivity contribution in [1.29, 1.82) is 0 Å². The van der Waals surface area contributed by atoms with E-state index in [2.05, 4.69) is 10.2 Å². The molecule has 2 aromatic heterocycles. The zero-order chi connectivity index (χ0) is 21.3. The van der Waals surface area contributed by atoms with Crippen LogP contribution in [0.3, 0.4) is 0 Å². The Morgan fingerprint density at radius 2 is 1.97 bits per heavy atom. The fourth-order valence-corrected chi connectivity index (χ4v) is 6.49. The van der Waals surface area contributed by atoms with Crippen molar-refractivity contribution >= 4 is 21.4 Å². The summed E-state index contributed by atoms with van der Waals surface area (Å²) < 4.78 is 38.9. The minimum Gasteiger partial charge on any atom is -0.497 e. The molecule has 1 saturated heterocycles. The molecule has 1 unspecified atom stereocenters. The molecule has 0 radical (unpaired) electrons. The highest BCUT2D eigenvalue weighted by molar-refractivity contribution is 7.91. The van der Waals surface area contributed by atoms with E-state index >= 15 is 0 Å². The number of ether oxygens (including phenoxy) is 2. The highest BCUT2D eigenvalue weighted by atomic mass is 32.2. The van der Waals surface area contributed by atoms with Gasteiger partial charge in [0.2, 0.25) is 0 Å². The highest BCUT2D eigenvalue weighted by Crippen LogP contribution is 2.39. The minimum atomic E-state index is -3.63. The van der Waals surface area contributed by atoms with Crippen molar-refractivity contribution in [1.82, 2.24) is 14.5 Å². The van der Waals surface area contributed by atoms with Gasteiger partial charge in [0.1, 0.15) is 21.4 Å². The van der Waals surface area contributed by atoms with Crippen LogP contribution in [0, 0.1) is 0 Å². The molecule has 1 N–H and O–H groups in total. The summed E-state index contributed by atoms with van der Waals surface area (Å²) in [6.07, 6.45) is 0.697. The van der Waals surface area contributed by atoms with Gasteiger partial charge in [0, 0.05) is 30.6 Å². The second kappa shape index (κ2) is 8.21. The third-order valence-electron chi connectivity index (χ3n) is 5.13. The first kappa shape index (κ1) is 20.6. The average Bonchev–Trinajstić information content (AvgIpc) is 3.44. The Balaban J connectivity index is 1.57. The third kappa shape index (κ3) is 3.85. The van der Waals surface area contributed by atoms with Crippen molar-refractivity contribution in [2.75, 3.05) is 27.3 Å². The van der Waals surface area contributed by atoms with Crippen molar-refractivity contribution in [2.24, 2.45) is 0 Å². The Morgan fingerprint density at radius 3 is 2.67 bits per heavy atom. The SMILES string of the molecule is COc1ccc(OC)c(C2CCN(S(=O)(=O)c3ccc(-c4ccc(=O)[nH]n4)s3)C2)c1. The van der Waals surface area contributed by atoms with Crippen LogP contribution in [0.15, 0.2) is 51.5 Å². The number of sulfonamides is 1. The van der Waals surface area contributed by atoms with Crippen LogP contribution < -0.4 is 15.0 Å². The van der Waals surface area contributed by atoms with E-state index in [0.717, 1.165) is 22.6 Å². The molecule has 0 bridgehead atoms. The van der Waals surface area contributed by atoms with E-state index in [4.69, 9.17) is 9.47 Å². The number of hydrogen-bond donors (Lipinski definition) is 1. The van der Waals surface area contributed by atoms with Crippen LogP contribution in [-0.4, -0.2) is 50.2 Å². The lowest BCUT2D eigenvalue weighted by Gasteiger charge is -2.18. The summed E-state index contributed by atoms with van der Waals surface area (Å²) in [5, 5.41) is 6.33. The highest BCUT2D eigenvalue weighted by Gasteiger charge is 2.35. The molecule has 8 nitrogen and oxygen atoms in total. The summed E-state index contributed by atoms with van der Waals surface area (Å²) >= 11 is 1.14. The van der Waals surface area contributed by atoms with Gasteiger partial charge in [-0.05, 0) is 42.8 Å². The Morgan fingerprint density at radius 1 is 1.13 bits per heavy atom. The number of methoxy groups -OCH3 is 2. The number of aromatic amines is 1. The molecule has 158 valence electrons. The smallest absolute Gasteiger partial charge is 0.264 e. The van der Waals surface area contributed by atoms with E-state index in [9.17, 15) is 13.2 Å². The topological polar surface area (TPSA) is 102 Å². The summed E-state index contributed by atoms with van der Waals surface area (Å²) in [6.45, 7) is 0.799. The summed E-state index contributed by atoms with van der Waals surface area (Å²) in [5.74, 6) is 1.45. The fourth-order valence-electron chi connectivity index (χ4n) is 3.56. The number of nitrogens with one attached hydrogen (secondary N) is 1. The van der Waals surface area contributed by atoms with Gasteiger partial charge in [0.05, 0.1) is 19.1 Å². The second-order valence-electron chi connectivity index (χ2n) is 6.88. The van der Waals surface area contributed by atoms with Crippen LogP contribution in [0.25, 0.3) is 10.6 Å². The molecule has 1 aromatic carbocycles. The van der Waals surface area contributed by atoms with Gasteiger partial charge in [-0.15, -0.1) is 11.3 Å². The van der Waals surface area contributed by atoms with E-state index in [-0.39, 0.29) is 15.7 Å². The maximum Gasteiger partial charge on any atom is 0.264 e. The summed E-state index contributed by atoms with van der Waals surface area (Å²) in [4.78, 5) is 11.9. The molecule has 4 rings (SSSR count). The number of benzene rings is 1. The number of rotatable bonds is 6. The fraction of sp³-hybridized carbons (Fsp3) is 0.300. The van der Waals surface area contributed by atoms with Gasteiger partial charge in [0.25, 0.3) is 15.6 Å². The zero-order valence-corrected chi connectivity index (χ0v) is 18.1. The predicted octanol–water partition coefficient (Wildman–Crippen LogP) is 2.69. The zero-order valence-electron chi connectivity index (χ0n) is 16.5. The van der Waals surface area contributed by atoms with E-state index in [0.29, 0.717) is 35.8 Å². The first-order chi connectivity index (χ1) is 14.4. The first-order valence-corrected chi connectivity index (χ1v) is 11.6. The minimum absolute atomic E-state index is 0.0186. The Bertz CT molecular complexity index is 1200. The molecular formula is C20H21N3O5S2. The molecule has 1 aliphatic heterocycles. The van der Waals surface area contributed by atoms with E-state index in [1.165, 1.54) is 10.4 Å². The molecule has 0 saturated carbocycles. The molecule has 3 heterocycles. The van der Waals surface area contributed by atoms with Crippen LogP contribution in [0.4, 0.5) is 0 Å². The normalized spacial score (nSPS) is 17.2. The lowest BCUT2D eigenvalue weighted by Crippen LogP contribution is -2.28. The van der Waals surface area contributed by atoms with Crippen molar-refractivity contribution in [3.63, 3.8) is 0 Å². The maximum atomic E-state index is 13.2. The molecule has 10 heteroatoms. The molecule has 0 spiro atoms. The molecule has 0 aliphatic carbocycles. The Hall–Kier alpha value is -2.69. The molecule has 1 atom stereocenters. The van der Waals surface area contributed by atoms with Crippen molar-refractivity contribution in [3.8, 4) is 22.1 Å². The van der Waals surface area contributed by atoms with E-state index in [1.54, 1.807) is 32.4 Å². The first-order valence-electron chi connectivity index (χ1n) is 9.30. The third-order valence-corrected chi connectivity index (χ3v) is 8.58. The Kier molecular flexibility index (Phi) is 5.63. The van der Waals surface area contributed by atoms with Gasteiger partial charge in [-0.3, -0.25) is 4.79 Å². The van der Waals surface area contributed by atoms with Crippen LogP contribution in [0.1, 0.15) is 17.9 Å². The van der Waals surface area contributed by atoms with Crippen molar-refractivity contribution in [2.45, 2.75) is 16.5 Å². The van der Waals surface area contributed by atoms with Gasteiger partial charge in [-0.1, -0.05) is 0 Å². The quantitative estimate of drug-likeness (QED) is 0.623. The number of aromatic nitrogens is 2. The molecule has 30 heavy (non-hydrogen) atoms. The number of thiophene rings is 1.